The first-order chi connectivity index (χ1) is 9.08. The number of aromatic nitrogens is 2. The van der Waals surface area contributed by atoms with E-state index in [1.54, 1.807) is 12.3 Å². The Labute approximate surface area is 113 Å². The van der Waals surface area contributed by atoms with E-state index in [1.807, 2.05) is 0 Å². The normalized spacial score (nSPS) is 26.8. The van der Waals surface area contributed by atoms with Crippen molar-refractivity contribution in [2.45, 2.75) is 39.2 Å². The van der Waals surface area contributed by atoms with E-state index in [1.165, 1.54) is 13.5 Å². The molecule has 0 aliphatic heterocycles. The summed E-state index contributed by atoms with van der Waals surface area (Å²) in [5, 5.41) is 3.40. The maximum absolute atomic E-state index is 11.4. The molecule has 2 atom stereocenters. The Kier molecular flexibility index (Phi) is 4.35. The van der Waals surface area contributed by atoms with Crippen LogP contribution in [0.1, 0.15) is 43.7 Å². The number of ether oxygens (including phenoxy) is 1. The first-order valence-corrected chi connectivity index (χ1v) is 6.76. The number of hydrogen-bond donors (Lipinski definition) is 1. The summed E-state index contributed by atoms with van der Waals surface area (Å²) in [5.74, 6) is 1.74. The van der Waals surface area contributed by atoms with Gasteiger partial charge in [-0.25, -0.2) is 14.8 Å². The second kappa shape index (κ2) is 5.99. The van der Waals surface area contributed by atoms with E-state index < -0.39 is 5.97 Å². The molecular weight excluding hydrogens is 242 g/mol. The van der Waals surface area contributed by atoms with Crippen LogP contribution in [0.5, 0.6) is 0 Å². The van der Waals surface area contributed by atoms with Gasteiger partial charge in [0.1, 0.15) is 5.82 Å². The Morgan fingerprint density at radius 1 is 1.32 bits per heavy atom. The molecule has 2 rings (SSSR count). The highest BCUT2D eigenvalue weighted by Gasteiger charge is 2.24. The molecular formula is C14H21N3O2. The van der Waals surface area contributed by atoms with Crippen molar-refractivity contribution in [3.8, 4) is 0 Å². The number of nitrogens with zero attached hydrogens (tertiary/aromatic N) is 2. The van der Waals surface area contributed by atoms with Gasteiger partial charge in [-0.1, -0.05) is 13.8 Å². The number of esters is 1. The molecule has 0 spiro atoms. The van der Waals surface area contributed by atoms with Gasteiger partial charge in [-0.2, -0.15) is 0 Å². The summed E-state index contributed by atoms with van der Waals surface area (Å²) >= 11 is 0. The molecule has 0 amide bonds. The third-order valence-electron chi connectivity index (χ3n) is 3.55. The second-order valence-electron chi connectivity index (χ2n) is 5.52. The molecule has 19 heavy (non-hydrogen) atoms. The standard InChI is InChI=1S/C14H21N3O2/c1-9-6-10(2)8-11(7-9)16-12-4-5-15-13(17-12)14(18)19-3/h4-5,9-11H,6-8H2,1-3H3,(H,15,16,17). The van der Waals surface area contributed by atoms with E-state index in [4.69, 9.17) is 0 Å². The van der Waals surface area contributed by atoms with Gasteiger partial charge in [-0.05, 0) is 37.2 Å². The van der Waals surface area contributed by atoms with Crippen molar-refractivity contribution in [1.29, 1.82) is 0 Å². The van der Waals surface area contributed by atoms with Crippen LogP contribution in [0.2, 0.25) is 0 Å². The van der Waals surface area contributed by atoms with Crippen LogP contribution in [0.4, 0.5) is 5.82 Å². The maximum atomic E-state index is 11.4. The Morgan fingerprint density at radius 3 is 2.63 bits per heavy atom. The maximum Gasteiger partial charge on any atom is 0.376 e. The third kappa shape index (κ3) is 3.66. The van der Waals surface area contributed by atoms with Crippen molar-refractivity contribution < 1.29 is 9.53 Å². The predicted molar refractivity (Wildman–Crippen MR) is 73.0 cm³/mol. The minimum Gasteiger partial charge on any atom is -0.463 e. The lowest BCUT2D eigenvalue weighted by Crippen LogP contribution is -2.30. The van der Waals surface area contributed by atoms with E-state index in [0.717, 1.165) is 24.7 Å². The zero-order chi connectivity index (χ0) is 13.8. The number of nitrogens with one attached hydrogen (secondary N) is 1. The van der Waals surface area contributed by atoms with Crippen molar-refractivity contribution in [3.05, 3.63) is 18.1 Å². The fourth-order valence-corrected chi connectivity index (χ4v) is 2.90. The summed E-state index contributed by atoms with van der Waals surface area (Å²) < 4.78 is 4.62. The molecule has 1 aromatic rings. The molecule has 1 N–H and O–H groups in total. The minimum absolute atomic E-state index is 0.101. The highest BCUT2D eigenvalue weighted by Crippen LogP contribution is 2.30. The predicted octanol–water partition coefficient (Wildman–Crippen LogP) is 2.50. The minimum atomic E-state index is -0.506. The van der Waals surface area contributed by atoms with Crippen LogP contribution in [-0.2, 0) is 4.74 Å². The summed E-state index contributed by atoms with van der Waals surface area (Å²) in [4.78, 5) is 19.5. The SMILES string of the molecule is COC(=O)c1nccc(NC2CC(C)CC(C)C2)n1. The van der Waals surface area contributed by atoms with Gasteiger partial charge in [0.15, 0.2) is 0 Å². The summed E-state index contributed by atoms with van der Waals surface area (Å²) in [6.07, 6.45) is 5.15. The van der Waals surface area contributed by atoms with Gasteiger partial charge in [-0.3, -0.25) is 0 Å². The third-order valence-corrected chi connectivity index (χ3v) is 3.55. The number of anilines is 1. The van der Waals surface area contributed by atoms with Crippen LogP contribution in [0.3, 0.4) is 0 Å². The first kappa shape index (κ1) is 13.8. The topological polar surface area (TPSA) is 64.1 Å². The largest absolute Gasteiger partial charge is 0.463 e. The lowest BCUT2D eigenvalue weighted by Gasteiger charge is -2.32. The molecule has 1 aromatic heterocycles. The molecule has 1 heterocycles. The van der Waals surface area contributed by atoms with Crippen LogP contribution in [0.15, 0.2) is 12.3 Å². The van der Waals surface area contributed by atoms with Crippen LogP contribution in [-0.4, -0.2) is 29.1 Å². The summed E-state index contributed by atoms with van der Waals surface area (Å²) in [6.45, 7) is 4.56. The highest BCUT2D eigenvalue weighted by atomic mass is 16.5. The lowest BCUT2D eigenvalue weighted by atomic mass is 9.80. The van der Waals surface area contributed by atoms with Crippen LogP contribution >= 0.6 is 0 Å². The Morgan fingerprint density at radius 2 is 2.00 bits per heavy atom. The fourth-order valence-electron chi connectivity index (χ4n) is 2.90. The van der Waals surface area contributed by atoms with E-state index >= 15 is 0 Å². The molecule has 2 unspecified atom stereocenters. The summed E-state index contributed by atoms with van der Waals surface area (Å²) in [6, 6.07) is 2.20. The van der Waals surface area contributed by atoms with Crippen molar-refractivity contribution >= 4 is 11.8 Å². The Balaban J connectivity index is 2.04. The van der Waals surface area contributed by atoms with Gasteiger partial charge in [0.25, 0.3) is 0 Å². The number of hydrogen-bond acceptors (Lipinski definition) is 5. The van der Waals surface area contributed by atoms with E-state index in [-0.39, 0.29) is 5.82 Å². The quantitative estimate of drug-likeness (QED) is 0.849. The van der Waals surface area contributed by atoms with Crippen LogP contribution in [0, 0.1) is 11.8 Å². The molecule has 5 heteroatoms. The summed E-state index contributed by atoms with van der Waals surface area (Å²) in [7, 11) is 1.33. The lowest BCUT2D eigenvalue weighted by molar-refractivity contribution is 0.0587. The molecule has 0 saturated heterocycles. The smallest absolute Gasteiger partial charge is 0.376 e. The van der Waals surface area contributed by atoms with E-state index in [0.29, 0.717) is 11.9 Å². The van der Waals surface area contributed by atoms with Crippen molar-refractivity contribution in [1.82, 2.24) is 9.97 Å². The molecule has 104 valence electrons. The van der Waals surface area contributed by atoms with Gasteiger partial charge in [-0.15, -0.1) is 0 Å². The summed E-state index contributed by atoms with van der Waals surface area (Å²) in [5.41, 5.74) is 0. The molecule has 0 bridgehead atoms. The van der Waals surface area contributed by atoms with E-state index in [9.17, 15) is 4.79 Å². The number of carbonyl (C=O) groups excluding carboxylic acids is 1. The van der Waals surface area contributed by atoms with Gasteiger partial charge >= 0.3 is 5.97 Å². The highest BCUT2D eigenvalue weighted by molar-refractivity contribution is 5.85. The number of rotatable bonds is 3. The van der Waals surface area contributed by atoms with Crippen molar-refractivity contribution in [2.24, 2.45) is 11.8 Å². The average molecular weight is 263 g/mol. The molecule has 1 saturated carbocycles. The van der Waals surface area contributed by atoms with Gasteiger partial charge in [0, 0.05) is 12.2 Å². The fraction of sp³-hybridized carbons (Fsp3) is 0.643. The number of methoxy groups -OCH3 is 1. The molecule has 1 fully saturated rings. The Bertz CT molecular complexity index is 440. The monoisotopic (exact) mass is 263 g/mol. The average Bonchev–Trinajstić information content (AvgIpc) is 2.37. The second-order valence-corrected chi connectivity index (χ2v) is 5.52. The number of carbonyl (C=O) groups is 1. The first-order valence-electron chi connectivity index (χ1n) is 6.76. The Hall–Kier alpha value is -1.65. The van der Waals surface area contributed by atoms with Gasteiger partial charge < -0.3 is 10.1 Å². The zero-order valence-corrected chi connectivity index (χ0v) is 11.7. The molecule has 0 aromatic carbocycles. The van der Waals surface area contributed by atoms with Crippen molar-refractivity contribution in [2.75, 3.05) is 12.4 Å². The zero-order valence-electron chi connectivity index (χ0n) is 11.7. The van der Waals surface area contributed by atoms with Crippen molar-refractivity contribution in [3.63, 3.8) is 0 Å². The van der Waals surface area contributed by atoms with Crippen LogP contribution < -0.4 is 5.32 Å². The van der Waals surface area contributed by atoms with Crippen LogP contribution in [0.25, 0.3) is 0 Å². The molecule has 0 radical (unpaired) electrons. The van der Waals surface area contributed by atoms with Gasteiger partial charge in [0.2, 0.25) is 5.82 Å². The van der Waals surface area contributed by atoms with E-state index in [2.05, 4.69) is 33.9 Å². The molecule has 5 nitrogen and oxygen atoms in total. The van der Waals surface area contributed by atoms with Gasteiger partial charge in [0.05, 0.1) is 7.11 Å². The molecule has 1 aliphatic rings. The molecule has 1 aliphatic carbocycles.